The predicted octanol–water partition coefficient (Wildman–Crippen LogP) is 2.07. The van der Waals surface area contributed by atoms with E-state index in [1.165, 1.54) is 12.3 Å². The molecule has 0 saturated carbocycles. The van der Waals surface area contributed by atoms with Crippen molar-refractivity contribution >= 4 is 17.0 Å². The maximum Gasteiger partial charge on any atom is 0.165 e. The molecular formula is C20H24FN7O. The Morgan fingerprint density at radius 3 is 2.79 bits per heavy atom. The van der Waals surface area contributed by atoms with Crippen molar-refractivity contribution < 1.29 is 9.13 Å². The molecule has 0 spiro atoms. The highest BCUT2D eigenvalue weighted by atomic mass is 19.1. The Bertz CT molecular complexity index is 1000. The van der Waals surface area contributed by atoms with E-state index in [9.17, 15) is 4.39 Å². The molecule has 5 heterocycles. The van der Waals surface area contributed by atoms with E-state index in [1.54, 1.807) is 12.4 Å². The lowest BCUT2D eigenvalue weighted by molar-refractivity contribution is 0.122. The first-order valence-electron chi connectivity index (χ1n) is 10.0. The highest BCUT2D eigenvalue weighted by Gasteiger charge is 2.31. The molecule has 5 rings (SSSR count). The molecule has 2 aliphatic heterocycles. The number of hydrogen-bond donors (Lipinski definition) is 0. The van der Waals surface area contributed by atoms with E-state index in [0.717, 1.165) is 61.0 Å². The van der Waals surface area contributed by atoms with Gasteiger partial charge in [0.25, 0.3) is 0 Å². The Hall–Kier alpha value is -2.65. The second kappa shape index (κ2) is 7.64. The molecule has 2 aliphatic rings. The summed E-state index contributed by atoms with van der Waals surface area (Å²) < 4.78 is 20.7. The summed E-state index contributed by atoms with van der Waals surface area (Å²) in [6.45, 7) is 4.60. The number of imidazole rings is 1. The molecule has 3 aromatic heterocycles. The molecule has 0 aliphatic carbocycles. The lowest BCUT2D eigenvalue weighted by Gasteiger charge is -2.29. The Balaban J connectivity index is 1.49. The minimum absolute atomic E-state index is 0.112. The minimum atomic E-state index is -0.313. The number of pyridine rings is 1. The maximum absolute atomic E-state index is 13.2. The molecule has 8 nitrogen and oxygen atoms in total. The van der Waals surface area contributed by atoms with Gasteiger partial charge in [-0.05, 0) is 31.5 Å². The van der Waals surface area contributed by atoms with Crippen LogP contribution in [0.25, 0.3) is 11.2 Å². The largest absolute Gasteiger partial charge is 0.378 e. The standard InChI is InChI=1S/C20H24FN7O/c1-26-13-23-17-19(26)24-18(25-20(17)27-7-9-29-10-8-27)16-3-2-6-28(16)12-15-5-4-14(21)11-22-15/h4-5,11,13,16H,2-3,6-10,12H2,1H3. The van der Waals surface area contributed by atoms with Crippen LogP contribution in [0.4, 0.5) is 10.2 Å². The highest BCUT2D eigenvalue weighted by Crippen LogP contribution is 2.34. The van der Waals surface area contributed by atoms with E-state index in [4.69, 9.17) is 14.7 Å². The number of halogens is 1. The summed E-state index contributed by atoms with van der Waals surface area (Å²) in [5.41, 5.74) is 2.54. The van der Waals surface area contributed by atoms with Crippen LogP contribution >= 0.6 is 0 Å². The Morgan fingerprint density at radius 1 is 1.14 bits per heavy atom. The lowest BCUT2D eigenvalue weighted by Crippen LogP contribution is -2.37. The van der Waals surface area contributed by atoms with Crippen LogP contribution < -0.4 is 4.90 Å². The van der Waals surface area contributed by atoms with Gasteiger partial charge in [0.05, 0.1) is 37.5 Å². The average Bonchev–Trinajstić information content (AvgIpc) is 3.36. The van der Waals surface area contributed by atoms with Crippen molar-refractivity contribution in [3.05, 3.63) is 42.0 Å². The first-order valence-corrected chi connectivity index (χ1v) is 10.0. The highest BCUT2D eigenvalue weighted by molar-refractivity contribution is 5.83. The topological polar surface area (TPSA) is 72.2 Å². The number of aryl methyl sites for hydroxylation is 1. The van der Waals surface area contributed by atoms with Crippen LogP contribution in [0.1, 0.15) is 30.4 Å². The van der Waals surface area contributed by atoms with Crippen molar-refractivity contribution in [3.8, 4) is 0 Å². The lowest BCUT2D eigenvalue weighted by atomic mass is 10.2. The van der Waals surface area contributed by atoms with Crippen molar-refractivity contribution in [3.63, 3.8) is 0 Å². The van der Waals surface area contributed by atoms with Crippen molar-refractivity contribution in [2.24, 2.45) is 7.05 Å². The smallest absolute Gasteiger partial charge is 0.165 e. The predicted molar refractivity (Wildman–Crippen MR) is 106 cm³/mol. The number of ether oxygens (including phenoxy) is 1. The third kappa shape index (κ3) is 3.56. The fourth-order valence-corrected chi connectivity index (χ4v) is 4.17. The van der Waals surface area contributed by atoms with Crippen molar-refractivity contribution in [2.75, 3.05) is 37.7 Å². The number of aromatic nitrogens is 5. The van der Waals surface area contributed by atoms with Gasteiger partial charge in [0.1, 0.15) is 11.6 Å². The molecule has 0 aromatic carbocycles. The monoisotopic (exact) mass is 397 g/mol. The number of rotatable bonds is 4. The zero-order valence-corrected chi connectivity index (χ0v) is 16.5. The quantitative estimate of drug-likeness (QED) is 0.667. The molecule has 3 aromatic rings. The Morgan fingerprint density at radius 2 is 2.00 bits per heavy atom. The molecule has 1 atom stereocenters. The summed E-state index contributed by atoms with van der Waals surface area (Å²) >= 11 is 0. The second-order valence-corrected chi connectivity index (χ2v) is 7.63. The van der Waals surface area contributed by atoms with Gasteiger partial charge >= 0.3 is 0 Å². The summed E-state index contributed by atoms with van der Waals surface area (Å²) in [4.78, 5) is 23.2. The summed E-state index contributed by atoms with van der Waals surface area (Å²) in [7, 11) is 1.96. The summed E-state index contributed by atoms with van der Waals surface area (Å²) in [6.07, 6.45) is 5.13. The third-order valence-corrected chi connectivity index (χ3v) is 5.68. The van der Waals surface area contributed by atoms with E-state index in [-0.39, 0.29) is 11.9 Å². The molecule has 0 amide bonds. The number of anilines is 1. The number of fused-ring (bicyclic) bond motifs is 1. The minimum Gasteiger partial charge on any atom is -0.378 e. The molecule has 2 saturated heterocycles. The molecule has 0 N–H and O–H groups in total. The molecule has 9 heteroatoms. The van der Waals surface area contributed by atoms with E-state index in [1.807, 2.05) is 11.6 Å². The van der Waals surface area contributed by atoms with E-state index < -0.39 is 0 Å². The van der Waals surface area contributed by atoms with Gasteiger partial charge in [-0.2, -0.15) is 0 Å². The maximum atomic E-state index is 13.2. The number of likely N-dealkylation sites (tertiary alicyclic amines) is 1. The third-order valence-electron chi connectivity index (χ3n) is 5.68. The summed E-state index contributed by atoms with van der Waals surface area (Å²) in [5, 5.41) is 0. The Labute approximate surface area is 168 Å². The number of hydrogen-bond acceptors (Lipinski definition) is 7. The summed E-state index contributed by atoms with van der Waals surface area (Å²) in [6, 6.07) is 3.32. The van der Waals surface area contributed by atoms with Gasteiger partial charge in [0.2, 0.25) is 0 Å². The van der Waals surface area contributed by atoms with Gasteiger partial charge < -0.3 is 14.2 Å². The van der Waals surface area contributed by atoms with Gasteiger partial charge in [0, 0.05) is 26.7 Å². The van der Waals surface area contributed by atoms with Crippen LogP contribution in [-0.4, -0.2) is 62.3 Å². The van der Waals surface area contributed by atoms with Crippen LogP contribution in [0.3, 0.4) is 0 Å². The number of morpholine rings is 1. The molecule has 0 bridgehead atoms. The zero-order valence-electron chi connectivity index (χ0n) is 16.5. The van der Waals surface area contributed by atoms with Gasteiger partial charge in [-0.25, -0.2) is 19.3 Å². The van der Waals surface area contributed by atoms with Gasteiger partial charge in [-0.15, -0.1) is 0 Å². The van der Waals surface area contributed by atoms with E-state index in [2.05, 4.69) is 19.8 Å². The van der Waals surface area contributed by atoms with Gasteiger partial charge in [-0.3, -0.25) is 9.88 Å². The van der Waals surface area contributed by atoms with Crippen LogP contribution in [-0.2, 0) is 18.3 Å². The molecule has 1 unspecified atom stereocenters. The SMILES string of the molecule is Cn1cnc2c(N3CCOCC3)nc(C3CCCN3Cc3ccc(F)cn3)nc21. The second-order valence-electron chi connectivity index (χ2n) is 7.63. The molecule has 0 radical (unpaired) electrons. The normalized spacial score (nSPS) is 20.6. The van der Waals surface area contributed by atoms with Gasteiger partial charge in [-0.1, -0.05) is 0 Å². The van der Waals surface area contributed by atoms with Crippen LogP contribution in [0.15, 0.2) is 24.7 Å². The van der Waals surface area contributed by atoms with Crippen LogP contribution in [0.2, 0.25) is 0 Å². The Kier molecular flexibility index (Phi) is 4.84. The van der Waals surface area contributed by atoms with Crippen molar-refractivity contribution in [2.45, 2.75) is 25.4 Å². The molecule has 152 valence electrons. The average molecular weight is 397 g/mol. The molecular weight excluding hydrogens is 373 g/mol. The molecule has 29 heavy (non-hydrogen) atoms. The zero-order chi connectivity index (χ0) is 19.8. The molecule has 2 fully saturated rings. The van der Waals surface area contributed by atoms with Gasteiger partial charge in [0.15, 0.2) is 17.0 Å². The van der Waals surface area contributed by atoms with Crippen LogP contribution in [0, 0.1) is 5.82 Å². The van der Waals surface area contributed by atoms with Crippen LogP contribution in [0.5, 0.6) is 0 Å². The van der Waals surface area contributed by atoms with Crippen molar-refractivity contribution in [1.82, 2.24) is 29.4 Å². The fourth-order valence-electron chi connectivity index (χ4n) is 4.17. The van der Waals surface area contributed by atoms with E-state index >= 15 is 0 Å². The summed E-state index contributed by atoms with van der Waals surface area (Å²) in [5.74, 6) is 1.40. The van der Waals surface area contributed by atoms with Crippen molar-refractivity contribution in [1.29, 1.82) is 0 Å². The number of nitrogens with zero attached hydrogens (tertiary/aromatic N) is 7. The fraction of sp³-hybridized carbons (Fsp3) is 0.500. The first-order chi connectivity index (χ1) is 14.2. The van der Waals surface area contributed by atoms with E-state index in [0.29, 0.717) is 19.8 Å². The first kappa shape index (κ1) is 18.4.